The third kappa shape index (κ3) is 2.91. The Hall–Kier alpha value is -2.36. The molecular formula is C15H17N3O. The normalized spacial score (nSPS) is 11.9. The van der Waals surface area contributed by atoms with Crippen LogP contribution in [-0.2, 0) is 0 Å². The van der Waals surface area contributed by atoms with E-state index in [4.69, 9.17) is 5.73 Å². The molecule has 0 radical (unpaired) electrons. The summed E-state index contributed by atoms with van der Waals surface area (Å²) in [6, 6.07) is 11.2. The lowest BCUT2D eigenvalue weighted by Gasteiger charge is -2.16. The number of amides is 1. The van der Waals surface area contributed by atoms with Crippen molar-refractivity contribution in [1.82, 2.24) is 10.3 Å². The number of aryl methyl sites for hydroxylation is 1. The van der Waals surface area contributed by atoms with Gasteiger partial charge in [-0.15, -0.1) is 0 Å². The number of nitrogen functional groups attached to an aromatic ring is 1. The lowest BCUT2D eigenvalue weighted by Crippen LogP contribution is -2.28. The third-order valence-electron chi connectivity index (χ3n) is 3.06. The summed E-state index contributed by atoms with van der Waals surface area (Å²) in [6.45, 7) is 3.96. The van der Waals surface area contributed by atoms with E-state index in [9.17, 15) is 4.79 Å². The fraction of sp³-hybridized carbons (Fsp3) is 0.200. The number of nitrogens with zero attached hydrogens (tertiary/aromatic N) is 1. The lowest BCUT2D eigenvalue weighted by molar-refractivity contribution is 0.0936. The molecule has 1 aromatic carbocycles. The average Bonchev–Trinajstić information content (AvgIpc) is 2.39. The zero-order valence-electron chi connectivity index (χ0n) is 11.1. The zero-order chi connectivity index (χ0) is 13.8. The summed E-state index contributed by atoms with van der Waals surface area (Å²) in [5, 5.41) is 2.91. The van der Waals surface area contributed by atoms with Gasteiger partial charge in [0, 0.05) is 6.20 Å². The van der Waals surface area contributed by atoms with E-state index < -0.39 is 0 Å². The van der Waals surface area contributed by atoms with Crippen molar-refractivity contribution in [2.24, 2.45) is 0 Å². The number of hydrogen-bond acceptors (Lipinski definition) is 3. The minimum Gasteiger partial charge on any atom is -0.397 e. The number of pyridine rings is 1. The number of nitrogens with two attached hydrogens (primary N) is 1. The van der Waals surface area contributed by atoms with Crippen LogP contribution in [0.2, 0.25) is 0 Å². The second-order valence-electron chi connectivity index (χ2n) is 4.49. The number of anilines is 1. The van der Waals surface area contributed by atoms with Gasteiger partial charge >= 0.3 is 0 Å². The maximum absolute atomic E-state index is 12.1. The smallest absolute Gasteiger partial charge is 0.272 e. The molecule has 1 atom stereocenters. The van der Waals surface area contributed by atoms with E-state index in [1.54, 1.807) is 18.3 Å². The minimum atomic E-state index is -0.256. The van der Waals surface area contributed by atoms with Crippen LogP contribution in [-0.4, -0.2) is 10.9 Å². The predicted octanol–water partition coefficient (Wildman–Crippen LogP) is 2.46. The molecule has 0 fully saturated rings. The van der Waals surface area contributed by atoms with Gasteiger partial charge in [0.05, 0.1) is 11.7 Å². The van der Waals surface area contributed by atoms with Crippen LogP contribution in [0.5, 0.6) is 0 Å². The molecule has 0 saturated heterocycles. The van der Waals surface area contributed by atoms with Gasteiger partial charge in [0.2, 0.25) is 0 Å². The van der Waals surface area contributed by atoms with E-state index in [0.717, 1.165) is 11.1 Å². The summed E-state index contributed by atoms with van der Waals surface area (Å²) in [5.41, 5.74) is 8.63. The van der Waals surface area contributed by atoms with Crippen molar-refractivity contribution >= 4 is 11.6 Å². The highest BCUT2D eigenvalue weighted by Crippen LogP contribution is 2.17. The third-order valence-corrected chi connectivity index (χ3v) is 3.06. The number of aromatic nitrogens is 1. The molecule has 19 heavy (non-hydrogen) atoms. The van der Waals surface area contributed by atoms with E-state index in [0.29, 0.717) is 5.69 Å². The number of rotatable bonds is 3. The highest BCUT2D eigenvalue weighted by molar-refractivity contribution is 5.97. The van der Waals surface area contributed by atoms with Crippen LogP contribution < -0.4 is 11.1 Å². The Morgan fingerprint density at radius 3 is 2.68 bits per heavy atom. The van der Waals surface area contributed by atoms with Crippen molar-refractivity contribution in [2.75, 3.05) is 5.73 Å². The average molecular weight is 255 g/mol. The van der Waals surface area contributed by atoms with Crippen LogP contribution in [0, 0.1) is 6.92 Å². The highest BCUT2D eigenvalue weighted by Gasteiger charge is 2.15. The molecule has 1 amide bonds. The Morgan fingerprint density at radius 2 is 2.00 bits per heavy atom. The molecule has 0 bridgehead atoms. The Bertz CT molecular complexity index is 595. The van der Waals surface area contributed by atoms with Crippen LogP contribution in [0.1, 0.15) is 34.6 Å². The first-order valence-corrected chi connectivity index (χ1v) is 6.16. The van der Waals surface area contributed by atoms with Gasteiger partial charge in [-0.25, -0.2) is 4.98 Å². The van der Waals surface area contributed by atoms with Crippen LogP contribution in [0.25, 0.3) is 0 Å². The van der Waals surface area contributed by atoms with Crippen molar-refractivity contribution < 1.29 is 4.79 Å². The number of carbonyl (C=O) groups excluding carboxylic acids is 1. The Morgan fingerprint density at radius 1 is 1.26 bits per heavy atom. The molecule has 98 valence electrons. The lowest BCUT2D eigenvalue weighted by atomic mass is 10.0. The van der Waals surface area contributed by atoms with Crippen LogP contribution in [0.4, 0.5) is 5.69 Å². The SMILES string of the molecule is Cc1ccccc1[C@@H](C)NC(=O)c1ncccc1N. The highest BCUT2D eigenvalue weighted by atomic mass is 16.1. The van der Waals surface area contributed by atoms with Crippen molar-refractivity contribution in [1.29, 1.82) is 0 Å². The fourth-order valence-corrected chi connectivity index (χ4v) is 2.02. The first-order valence-electron chi connectivity index (χ1n) is 6.16. The molecule has 1 aromatic heterocycles. The Balaban J connectivity index is 2.16. The van der Waals surface area contributed by atoms with Gasteiger partial charge in [-0.05, 0) is 37.1 Å². The largest absolute Gasteiger partial charge is 0.397 e. The summed E-state index contributed by atoms with van der Waals surface area (Å²) in [7, 11) is 0. The van der Waals surface area contributed by atoms with Gasteiger partial charge in [0.25, 0.3) is 5.91 Å². The van der Waals surface area contributed by atoms with Crippen LogP contribution in [0.15, 0.2) is 42.6 Å². The van der Waals surface area contributed by atoms with Crippen molar-refractivity contribution in [3.8, 4) is 0 Å². The molecule has 0 aliphatic heterocycles. The molecule has 2 rings (SSSR count). The first kappa shape index (κ1) is 13.1. The first-order chi connectivity index (χ1) is 9.09. The van der Waals surface area contributed by atoms with E-state index >= 15 is 0 Å². The Labute approximate surface area is 112 Å². The summed E-state index contributed by atoms with van der Waals surface area (Å²) in [4.78, 5) is 16.1. The van der Waals surface area contributed by atoms with E-state index in [-0.39, 0.29) is 17.6 Å². The fourth-order valence-electron chi connectivity index (χ4n) is 2.02. The predicted molar refractivity (Wildman–Crippen MR) is 75.7 cm³/mol. The topological polar surface area (TPSA) is 68.0 Å². The van der Waals surface area contributed by atoms with Gasteiger partial charge in [-0.3, -0.25) is 4.79 Å². The van der Waals surface area contributed by atoms with E-state index in [1.165, 1.54) is 0 Å². The maximum atomic E-state index is 12.1. The van der Waals surface area contributed by atoms with Gasteiger partial charge < -0.3 is 11.1 Å². The molecule has 3 N–H and O–H groups in total. The standard InChI is InChI=1S/C15H17N3O/c1-10-6-3-4-7-12(10)11(2)18-15(19)14-13(16)8-5-9-17-14/h3-9,11H,16H2,1-2H3,(H,18,19)/t11-/m1/s1. The molecule has 0 saturated carbocycles. The van der Waals surface area contributed by atoms with Crippen LogP contribution >= 0.6 is 0 Å². The molecule has 0 unspecified atom stereocenters. The monoisotopic (exact) mass is 255 g/mol. The number of benzene rings is 1. The molecule has 0 spiro atoms. The summed E-state index contributed by atoms with van der Waals surface area (Å²) >= 11 is 0. The van der Waals surface area contributed by atoms with Gasteiger partial charge in [0.1, 0.15) is 0 Å². The molecule has 0 aliphatic rings. The van der Waals surface area contributed by atoms with Gasteiger partial charge in [-0.1, -0.05) is 24.3 Å². The van der Waals surface area contributed by atoms with Crippen LogP contribution in [0.3, 0.4) is 0 Å². The molecule has 4 heteroatoms. The molecule has 4 nitrogen and oxygen atoms in total. The maximum Gasteiger partial charge on any atom is 0.272 e. The minimum absolute atomic E-state index is 0.0879. The van der Waals surface area contributed by atoms with Crippen molar-refractivity contribution in [2.45, 2.75) is 19.9 Å². The summed E-state index contributed by atoms with van der Waals surface area (Å²) in [5.74, 6) is -0.256. The Kier molecular flexibility index (Phi) is 3.80. The quantitative estimate of drug-likeness (QED) is 0.885. The number of carbonyl (C=O) groups is 1. The molecular weight excluding hydrogens is 238 g/mol. The van der Waals surface area contributed by atoms with Gasteiger partial charge in [-0.2, -0.15) is 0 Å². The zero-order valence-corrected chi connectivity index (χ0v) is 11.1. The number of hydrogen-bond donors (Lipinski definition) is 2. The van der Waals surface area contributed by atoms with E-state index in [1.807, 2.05) is 38.1 Å². The summed E-state index contributed by atoms with van der Waals surface area (Å²) in [6.07, 6.45) is 1.56. The van der Waals surface area contributed by atoms with Gasteiger partial charge in [0.15, 0.2) is 5.69 Å². The van der Waals surface area contributed by atoms with Crippen molar-refractivity contribution in [3.63, 3.8) is 0 Å². The molecule has 2 aromatic rings. The molecule has 0 aliphatic carbocycles. The second-order valence-corrected chi connectivity index (χ2v) is 4.49. The van der Waals surface area contributed by atoms with E-state index in [2.05, 4.69) is 10.3 Å². The van der Waals surface area contributed by atoms with Crippen molar-refractivity contribution in [3.05, 3.63) is 59.4 Å². The second kappa shape index (κ2) is 5.52. The molecule has 1 heterocycles. The summed E-state index contributed by atoms with van der Waals surface area (Å²) < 4.78 is 0. The number of nitrogens with one attached hydrogen (secondary N) is 1.